The third-order valence-corrected chi connectivity index (χ3v) is 4.58. The van der Waals surface area contributed by atoms with E-state index in [1.807, 2.05) is 36.4 Å². The Kier molecular flexibility index (Phi) is 4.00. The fourth-order valence-corrected chi connectivity index (χ4v) is 3.28. The third kappa shape index (κ3) is 2.79. The third-order valence-electron chi connectivity index (χ3n) is 3.76. The zero-order valence-corrected chi connectivity index (χ0v) is 14.8. The molecular weight excluding hydrogens is 386 g/mol. The molecule has 5 heteroatoms. The van der Waals surface area contributed by atoms with Crippen LogP contribution in [0.15, 0.2) is 71.6 Å². The highest BCUT2D eigenvalue weighted by Crippen LogP contribution is 2.36. The van der Waals surface area contributed by atoms with Crippen molar-refractivity contribution in [2.75, 3.05) is 0 Å². The highest BCUT2D eigenvalue weighted by Gasteiger charge is 2.14. The van der Waals surface area contributed by atoms with Gasteiger partial charge in [0.25, 0.3) is 0 Å². The topological polar surface area (TPSA) is 38.7 Å². The quantitative estimate of drug-likeness (QED) is 0.431. The van der Waals surface area contributed by atoms with E-state index in [1.165, 1.54) is 0 Å². The van der Waals surface area contributed by atoms with Crippen molar-refractivity contribution < 1.29 is 0 Å². The number of rotatable bonds is 2. The van der Waals surface area contributed by atoms with Crippen LogP contribution in [0.3, 0.4) is 0 Å². The van der Waals surface area contributed by atoms with E-state index in [1.54, 1.807) is 18.6 Å². The lowest BCUT2D eigenvalue weighted by molar-refractivity contribution is 1.26. The van der Waals surface area contributed by atoms with Gasteiger partial charge in [0.1, 0.15) is 0 Å². The molecule has 0 radical (unpaired) electrons. The van der Waals surface area contributed by atoms with E-state index >= 15 is 0 Å². The summed E-state index contributed by atoms with van der Waals surface area (Å²) in [6.45, 7) is 0. The van der Waals surface area contributed by atoms with E-state index in [2.05, 4.69) is 38.0 Å². The number of para-hydroxylation sites is 1. The molecule has 0 fully saturated rings. The number of benzene rings is 1. The van der Waals surface area contributed by atoms with Gasteiger partial charge in [0.05, 0.1) is 21.9 Å². The molecule has 0 bridgehead atoms. The summed E-state index contributed by atoms with van der Waals surface area (Å²) in [6, 6.07) is 15.9. The van der Waals surface area contributed by atoms with E-state index < -0.39 is 0 Å². The van der Waals surface area contributed by atoms with Gasteiger partial charge < -0.3 is 0 Å². The second-order valence-corrected chi connectivity index (χ2v) is 6.59. The first kappa shape index (κ1) is 15.2. The first-order valence-corrected chi connectivity index (χ1v) is 8.51. The normalized spacial score (nSPS) is 10.9. The van der Waals surface area contributed by atoms with Crippen LogP contribution in [-0.4, -0.2) is 15.0 Å². The minimum Gasteiger partial charge on any atom is -0.263 e. The van der Waals surface area contributed by atoms with Crippen LogP contribution in [0.1, 0.15) is 0 Å². The van der Waals surface area contributed by atoms with Crippen molar-refractivity contribution in [2.24, 2.45) is 0 Å². The van der Waals surface area contributed by atoms with E-state index in [9.17, 15) is 0 Å². The van der Waals surface area contributed by atoms with Crippen LogP contribution >= 0.6 is 27.5 Å². The second kappa shape index (κ2) is 6.30. The van der Waals surface area contributed by atoms with Crippen molar-refractivity contribution in [3.8, 4) is 22.5 Å². The predicted molar refractivity (Wildman–Crippen MR) is 101 cm³/mol. The molecule has 0 amide bonds. The molecule has 0 atom stereocenters. The summed E-state index contributed by atoms with van der Waals surface area (Å²) >= 11 is 9.56. The summed E-state index contributed by atoms with van der Waals surface area (Å²) in [5.74, 6) is 0. The van der Waals surface area contributed by atoms with Crippen LogP contribution in [0, 0.1) is 0 Å². The minimum absolute atomic E-state index is 0.604. The van der Waals surface area contributed by atoms with Crippen LogP contribution < -0.4 is 0 Å². The summed E-state index contributed by atoms with van der Waals surface area (Å²) < 4.78 is 0.875. The number of halogens is 2. The summed E-state index contributed by atoms with van der Waals surface area (Å²) in [7, 11) is 0. The molecule has 0 aliphatic carbocycles. The second-order valence-electron chi connectivity index (χ2n) is 5.29. The minimum atomic E-state index is 0.604. The monoisotopic (exact) mass is 395 g/mol. The first-order valence-electron chi connectivity index (χ1n) is 7.34. The fourth-order valence-electron chi connectivity index (χ4n) is 2.63. The predicted octanol–water partition coefficient (Wildman–Crippen LogP) is 5.77. The largest absolute Gasteiger partial charge is 0.263 e. The zero-order chi connectivity index (χ0) is 16.5. The fraction of sp³-hybridized carbons (Fsp3) is 0. The Labute approximate surface area is 152 Å². The van der Waals surface area contributed by atoms with Gasteiger partial charge in [0, 0.05) is 39.6 Å². The van der Waals surface area contributed by atoms with Crippen LogP contribution in [0.4, 0.5) is 0 Å². The van der Waals surface area contributed by atoms with Gasteiger partial charge >= 0.3 is 0 Å². The molecule has 116 valence electrons. The molecule has 24 heavy (non-hydrogen) atoms. The highest BCUT2D eigenvalue weighted by molar-refractivity contribution is 9.10. The van der Waals surface area contributed by atoms with E-state index in [0.717, 1.165) is 37.9 Å². The Morgan fingerprint density at radius 2 is 1.67 bits per heavy atom. The molecule has 0 saturated heterocycles. The van der Waals surface area contributed by atoms with Gasteiger partial charge in [-0.05, 0) is 40.2 Å². The van der Waals surface area contributed by atoms with Crippen LogP contribution in [-0.2, 0) is 0 Å². The maximum Gasteiger partial charge on any atom is 0.0729 e. The molecule has 4 aromatic rings. The lowest BCUT2D eigenvalue weighted by Gasteiger charge is -2.11. The van der Waals surface area contributed by atoms with Gasteiger partial charge in [-0.1, -0.05) is 35.9 Å². The van der Waals surface area contributed by atoms with Crippen LogP contribution in [0.5, 0.6) is 0 Å². The van der Waals surface area contributed by atoms with Gasteiger partial charge in [0.2, 0.25) is 0 Å². The van der Waals surface area contributed by atoms with Crippen molar-refractivity contribution in [2.45, 2.75) is 0 Å². The lowest BCUT2D eigenvalue weighted by atomic mass is 10.0. The molecule has 0 unspecified atom stereocenters. The molecule has 3 heterocycles. The van der Waals surface area contributed by atoms with Crippen molar-refractivity contribution in [3.63, 3.8) is 0 Å². The summed E-state index contributed by atoms with van der Waals surface area (Å²) in [5, 5.41) is 1.71. The van der Waals surface area contributed by atoms with E-state index in [4.69, 9.17) is 16.6 Å². The molecule has 0 saturated carbocycles. The molecule has 3 nitrogen and oxygen atoms in total. The van der Waals surface area contributed by atoms with Gasteiger partial charge in [-0.3, -0.25) is 9.97 Å². The number of nitrogens with zero attached hydrogens (tertiary/aromatic N) is 3. The standard InChI is InChI=1S/C19H11BrClN3/c20-15-11-22-10-14(17-8-6-13(21)9-23-17)19(15)18-7-5-12-3-1-2-4-16(12)24-18/h1-11H. The van der Waals surface area contributed by atoms with Gasteiger partial charge in [-0.25, -0.2) is 4.98 Å². The highest BCUT2D eigenvalue weighted by atomic mass is 79.9. The van der Waals surface area contributed by atoms with Crippen molar-refractivity contribution >= 4 is 38.4 Å². The molecule has 4 rings (SSSR count). The summed E-state index contributed by atoms with van der Waals surface area (Å²) in [6.07, 6.45) is 5.20. The maximum absolute atomic E-state index is 5.95. The number of hydrogen-bond acceptors (Lipinski definition) is 3. The summed E-state index contributed by atoms with van der Waals surface area (Å²) in [5.41, 5.74) is 4.50. The Morgan fingerprint density at radius 1 is 0.833 bits per heavy atom. The molecule has 0 spiro atoms. The Bertz CT molecular complexity index is 1030. The number of fused-ring (bicyclic) bond motifs is 1. The van der Waals surface area contributed by atoms with E-state index in [0.29, 0.717) is 5.02 Å². The smallest absolute Gasteiger partial charge is 0.0729 e. The molecule has 0 N–H and O–H groups in total. The van der Waals surface area contributed by atoms with Gasteiger partial charge in [0.15, 0.2) is 0 Å². The molecule has 3 aromatic heterocycles. The molecule has 0 aliphatic heterocycles. The number of aromatic nitrogens is 3. The molecule has 1 aromatic carbocycles. The van der Waals surface area contributed by atoms with Gasteiger partial charge in [-0.15, -0.1) is 0 Å². The SMILES string of the molecule is Clc1ccc(-c2cncc(Br)c2-c2ccc3ccccc3n2)nc1. The number of hydrogen-bond donors (Lipinski definition) is 0. The van der Waals surface area contributed by atoms with E-state index in [-0.39, 0.29) is 0 Å². The van der Waals surface area contributed by atoms with Crippen LogP contribution in [0.25, 0.3) is 33.4 Å². The Morgan fingerprint density at radius 3 is 2.50 bits per heavy atom. The Hall–Kier alpha value is -2.30. The van der Waals surface area contributed by atoms with Crippen molar-refractivity contribution in [3.05, 3.63) is 76.6 Å². The van der Waals surface area contributed by atoms with Gasteiger partial charge in [-0.2, -0.15) is 0 Å². The number of pyridine rings is 3. The van der Waals surface area contributed by atoms with Crippen LogP contribution in [0.2, 0.25) is 5.02 Å². The summed E-state index contributed by atoms with van der Waals surface area (Å²) in [4.78, 5) is 13.5. The zero-order valence-electron chi connectivity index (χ0n) is 12.4. The molecule has 0 aliphatic rings. The molecular formula is C19H11BrClN3. The van der Waals surface area contributed by atoms with Crippen molar-refractivity contribution in [1.29, 1.82) is 0 Å². The lowest BCUT2D eigenvalue weighted by Crippen LogP contribution is -1.93. The maximum atomic E-state index is 5.95. The van der Waals surface area contributed by atoms with Crippen molar-refractivity contribution in [1.82, 2.24) is 15.0 Å². The first-order chi connectivity index (χ1) is 11.7. The Balaban J connectivity index is 1.94. The average molecular weight is 397 g/mol. The average Bonchev–Trinajstić information content (AvgIpc) is 2.62.